The molecule has 0 saturated carbocycles. The zero-order valence-corrected chi connectivity index (χ0v) is 11.6. The summed E-state index contributed by atoms with van der Waals surface area (Å²) in [4.78, 5) is 0. The average molecular weight is 312 g/mol. The molecule has 0 amide bonds. The van der Waals surface area contributed by atoms with E-state index in [0.29, 0.717) is 5.02 Å². The van der Waals surface area contributed by atoms with Crippen LogP contribution in [0.4, 0.5) is 17.1 Å². The van der Waals surface area contributed by atoms with E-state index >= 15 is 0 Å². The molecule has 0 bridgehead atoms. The highest BCUT2D eigenvalue weighted by Gasteiger charge is 2.02. The molecule has 0 heterocycles. The Balaban J connectivity index is 2.34. The number of nitrogens with one attached hydrogen (secondary N) is 1. The maximum absolute atomic E-state index is 6.11. The van der Waals surface area contributed by atoms with Gasteiger partial charge in [-0.15, -0.1) is 0 Å². The first kappa shape index (κ1) is 12.3. The van der Waals surface area contributed by atoms with Crippen LogP contribution < -0.4 is 11.1 Å². The van der Waals surface area contributed by atoms with Crippen molar-refractivity contribution in [3.05, 3.63) is 51.5 Å². The molecule has 2 aromatic carbocycles. The van der Waals surface area contributed by atoms with Gasteiger partial charge >= 0.3 is 0 Å². The molecule has 0 aliphatic rings. The highest BCUT2D eigenvalue weighted by atomic mass is 79.9. The lowest BCUT2D eigenvalue weighted by Crippen LogP contribution is -1.94. The molecule has 88 valence electrons. The lowest BCUT2D eigenvalue weighted by atomic mass is 10.2. The van der Waals surface area contributed by atoms with Gasteiger partial charge in [-0.3, -0.25) is 0 Å². The van der Waals surface area contributed by atoms with Crippen LogP contribution in [0, 0.1) is 6.92 Å². The number of nitrogens with two attached hydrogens (primary N) is 1. The van der Waals surface area contributed by atoms with Gasteiger partial charge in [-0.05, 0) is 48.9 Å². The van der Waals surface area contributed by atoms with E-state index in [1.54, 1.807) is 0 Å². The molecule has 0 aliphatic heterocycles. The first-order valence-electron chi connectivity index (χ1n) is 5.14. The summed E-state index contributed by atoms with van der Waals surface area (Å²) in [5.41, 5.74) is 9.43. The highest BCUT2D eigenvalue weighted by Crippen LogP contribution is 2.29. The van der Waals surface area contributed by atoms with Gasteiger partial charge in [-0.25, -0.2) is 0 Å². The van der Waals surface area contributed by atoms with Gasteiger partial charge in [0, 0.05) is 15.8 Å². The highest BCUT2D eigenvalue weighted by molar-refractivity contribution is 9.10. The SMILES string of the molecule is Cc1cc(N)cc(Nc2cc(Br)ccc2Cl)c1. The smallest absolute Gasteiger partial charge is 0.0641 e. The minimum atomic E-state index is 0.674. The largest absolute Gasteiger partial charge is 0.399 e. The number of hydrogen-bond acceptors (Lipinski definition) is 2. The Bertz CT molecular complexity index is 535. The third kappa shape index (κ3) is 3.14. The van der Waals surface area contributed by atoms with Crippen LogP contribution in [0.2, 0.25) is 5.02 Å². The van der Waals surface area contributed by atoms with Gasteiger partial charge in [-0.1, -0.05) is 27.5 Å². The fraction of sp³-hybridized carbons (Fsp3) is 0.0769. The Morgan fingerprint density at radius 3 is 2.65 bits per heavy atom. The normalized spacial score (nSPS) is 10.3. The van der Waals surface area contributed by atoms with E-state index < -0.39 is 0 Å². The third-order valence-electron chi connectivity index (χ3n) is 2.31. The van der Waals surface area contributed by atoms with Crippen LogP contribution in [0.5, 0.6) is 0 Å². The van der Waals surface area contributed by atoms with Crippen molar-refractivity contribution in [1.82, 2.24) is 0 Å². The maximum atomic E-state index is 6.11. The van der Waals surface area contributed by atoms with E-state index in [-0.39, 0.29) is 0 Å². The van der Waals surface area contributed by atoms with Crippen molar-refractivity contribution in [2.75, 3.05) is 11.1 Å². The van der Waals surface area contributed by atoms with Crippen molar-refractivity contribution in [3.8, 4) is 0 Å². The van der Waals surface area contributed by atoms with Crippen molar-refractivity contribution in [1.29, 1.82) is 0 Å². The Kier molecular flexibility index (Phi) is 3.60. The lowest BCUT2D eigenvalue weighted by Gasteiger charge is -2.10. The molecule has 2 aromatic rings. The molecule has 0 radical (unpaired) electrons. The Labute approximate surface area is 114 Å². The first-order chi connectivity index (χ1) is 8.04. The second-order valence-electron chi connectivity index (χ2n) is 3.88. The van der Waals surface area contributed by atoms with Gasteiger partial charge < -0.3 is 11.1 Å². The number of aryl methyl sites for hydroxylation is 1. The van der Waals surface area contributed by atoms with E-state index in [2.05, 4.69) is 21.2 Å². The second-order valence-corrected chi connectivity index (χ2v) is 5.20. The molecule has 2 rings (SSSR count). The second kappa shape index (κ2) is 4.98. The number of anilines is 3. The quantitative estimate of drug-likeness (QED) is 0.786. The van der Waals surface area contributed by atoms with E-state index in [0.717, 1.165) is 27.1 Å². The minimum absolute atomic E-state index is 0.674. The fourth-order valence-corrected chi connectivity index (χ4v) is 2.16. The van der Waals surface area contributed by atoms with Gasteiger partial charge in [0.1, 0.15) is 0 Å². The van der Waals surface area contributed by atoms with Crippen LogP contribution in [0.25, 0.3) is 0 Å². The standard InChI is InChI=1S/C13H12BrClN2/c1-8-4-10(16)7-11(5-8)17-13-6-9(14)2-3-12(13)15/h2-7,17H,16H2,1H3. The van der Waals surface area contributed by atoms with Gasteiger partial charge in [0.15, 0.2) is 0 Å². The molecular weight excluding hydrogens is 300 g/mol. The monoisotopic (exact) mass is 310 g/mol. The molecule has 0 aromatic heterocycles. The summed E-state index contributed by atoms with van der Waals surface area (Å²) in [6.07, 6.45) is 0. The molecular formula is C13H12BrClN2. The zero-order valence-electron chi connectivity index (χ0n) is 9.30. The predicted molar refractivity (Wildman–Crippen MR) is 78.0 cm³/mol. The van der Waals surface area contributed by atoms with E-state index in [1.807, 2.05) is 43.3 Å². The molecule has 0 spiro atoms. The van der Waals surface area contributed by atoms with Crippen molar-refractivity contribution < 1.29 is 0 Å². The van der Waals surface area contributed by atoms with E-state index in [4.69, 9.17) is 17.3 Å². The minimum Gasteiger partial charge on any atom is -0.399 e. The number of hydrogen-bond donors (Lipinski definition) is 2. The zero-order chi connectivity index (χ0) is 12.4. The summed E-state index contributed by atoms with van der Waals surface area (Å²) in [5, 5.41) is 3.93. The third-order valence-corrected chi connectivity index (χ3v) is 3.13. The first-order valence-corrected chi connectivity index (χ1v) is 6.31. The number of rotatable bonds is 2. The Morgan fingerprint density at radius 1 is 1.18 bits per heavy atom. The molecule has 0 atom stereocenters. The van der Waals surface area contributed by atoms with E-state index in [1.165, 1.54) is 0 Å². The van der Waals surface area contributed by atoms with Crippen LogP contribution in [0.1, 0.15) is 5.56 Å². The Morgan fingerprint density at radius 2 is 1.94 bits per heavy atom. The average Bonchev–Trinajstić information content (AvgIpc) is 2.22. The summed E-state index contributed by atoms with van der Waals surface area (Å²) in [7, 11) is 0. The number of nitrogen functional groups attached to an aromatic ring is 1. The number of halogens is 2. The van der Waals surface area contributed by atoms with Gasteiger partial charge in [0.05, 0.1) is 10.7 Å². The molecule has 2 nitrogen and oxygen atoms in total. The summed E-state index contributed by atoms with van der Waals surface area (Å²) in [5.74, 6) is 0. The van der Waals surface area contributed by atoms with Crippen LogP contribution in [0.3, 0.4) is 0 Å². The lowest BCUT2D eigenvalue weighted by molar-refractivity contribution is 1.45. The summed E-state index contributed by atoms with van der Waals surface area (Å²) in [6.45, 7) is 2.00. The number of benzene rings is 2. The van der Waals surface area contributed by atoms with Gasteiger partial charge in [0.25, 0.3) is 0 Å². The maximum Gasteiger partial charge on any atom is 0.0641 e. The molecule has 3 N–H and O–H groups in total. The van der Waals surface area contributed by atoms with Crippen molar-refractivity contribution in [2.45, 2.75) is 6.92 Å². The summed E-state index contributed by atoms with van der Waals surface area (Å²) >= 11 is 9.53. The Hall–Kier alpha value is -1.19. The van der Waals surface area contributed by atoms with Crippen LogP contribution >= 0.6 is 27.5 Å². The molecule has 0 aliphatic carbocycles. The topological polar surface area (TPSA) is 38.0 Å². The molecule has 17 heavy (non-hydrogen) atoms. The molecule has 0 fully saturated rings. The molecule has 4 heteroatoms. The van der Waals surface area contributed by atoms with Crippen molar-refractivity contribution in [3.63, 3.8) is 0 Å². The van der Waals surface area contributed by atoms with Gasteiger partial charge in [-0.2, -0.15) is 0 Å². The van der Waals surface area contributed by atoms with Gasteiger partial charge in [0.2, 0.25) is 0 Å². The fourth-order valence-electron chi connectivity index (χ4n) is 1.63. The van der Waals surface area contributed by atoms with Crippen LogP contribution in [-0.2, 0) is 0 Å². The van der Waals surface area contributed by atoms with Crippen LogP contribution in [-0.4, -0.2) is 0 Å². The van der Waals surface area contributed by atoms with Crippen molar-refractivity contribution >= 4 is 44.6 Å². The molecule has 0 unspecified atom stereocenters. The summed E-state index contributed by atoms with van der Waals surface area (Å²) < 4.78 is 0.977. The molecule has 0 saturated heterocycles. The van der Waals surface area contributed by atoms with E-state index in [9.17, 15) is 0 Å². The van der Waals surface area contributed by atoms with Crippen molar-refractivity contribution in [2.24, 2.45) is 0 Å². The predicted octanol–water partition coefficient (Wildman–Crippen LogP) is 4.74. The van der Waals surface area contributed by atoms with Crippen LogP contribution in [0.15, 0.2) is 40.9 Å². The summed E-state index contributed by atoms with van der Waals surface area (Å²) in [6, 6.07) is 11.5.